The lowest BCUT2D eigenvalue weighted by Gasteiger charge is -2.29. The molecule has 0 aliphatic rings. The molecule has 0 aliphatic heterocycles. The van der Waals surface area contributed by atoms with E-state index in [9.17, 15) is 0 Å². The van der Waals surface area contributed by atoms with Gasteiger partial charge in [0, 0.05) is 67.0 Å². The van der Waals surface area contributed by atoms with E-state index in [-0.39, 0.29) is 0 Å². The maximum atomic E-state index is 2.41. The molecule has 0 N–H and O–H groups in total. The summed E-state index contributed by atoms with van der Waals surface area (Å²) in [5.41, 5.74) is 18.1. The molecule has 78 heavy (non-hydrogen) atoms. The number of nitrogens with zero attached hydrogens (tertiary/aromatic N) is 4. The summed E-state index contributed by atoms with van der Waals surface area (Å²) < 4.78 is 4.82. The molecule has 4 nitrogen and oxygen atoms in total. The van der Waals surface area contributed by atoms with Crippen LogP contribution in [-0.2, 0) is 0 Å². The molecule has 15 rings (SSSR count). The summed E-state index contributed by atoms with van der Waals surface area (Å²) in [6.45, 7) is 0. The van der Waals surface area contributed by atoms with Crippen LogP contribution >= 0.6 is 0 Å². The fourth-order valence-corrected chi connectivity index (χ4v) is 12.1. The van der Waals surface area contributed by atoms with Crippen LogP contribution in [0, 0.1) is 0 Å². The Bertz CT molecular complexity index is 4420. The molecular formula is C74H50N4. The van der Waals surface area contributed by atoms with E-state index >= 15 is 0 Å². The summed E-state index contributed by atoms with van der Waals surface area (Å²) in [7, 11) is 0. The summed E-state index contributed by atoms with van der Waals surface area (Å²) in [4.78, 5) is 4.80. The Morgan fingerprint density at radius 2 is 0.526 bits per heavy atom. The summed E-state index contributed by atoms with van der Waals surface area (Å²) in [5.74, 6) is 0. The van der Waals surface area contributed by atoms with Gasteiger partial charge in [0.25, 0.3) is 0 Å². The lowest BCUT2D eigenvalue weighted by Crippen LogP contribution is -2.13. The molecule has 13 aromatic carbocycles. The molecule has 0 saturated heterocycles. The van der Waals surface area contributed by atoms with Gasteiger partial charge in [0.15, 0.2) is 0 Å². The van der Waals surface area contributed by atoms with E-state index in [1.54, 1.807) is 0 Å². The van der Waals surface area contributed by atoms with Crippen LogP contribution in [-0.4, -0.2) is 9.13 Å². The van der Waals surface area contributed by atoms with Crippen LogP contribution in [0.1, 0.15) is 0 Å². The first kappa shape index (κ1) is 45.0. The minimum atomic E-state index is 1.05. The predicted molar refractivity (Wildman–Crippen MR) is 330 cm³/mol. The van der Waals surface area contributed by atoms with Gasteiger partial charge in [0.05, 0.1) is 22.1 Å². The summed E-state index contributed by atoms with van der Waals surface area (Å²) in [5, 5.41) is 9.73. The van der Waals surface area contributed by atoms with Crippen molar-refractivity contribution in [1.29, 1.82) is 0 Å². The summed E-state index contributed by atoms with van der Waals surface area (Å²) in [6.07, 6.45) is 0. The molecule has 4 heteroatoms. The molecule has 0 saturated carbocycles. The highest BCUT2D eigenvalue weighted by atomic mass is 15.2. The second kappa shape index (κ2) is 18.7. The standard InChI is InChI=1S/C74H50N4/c1-5-24-55(25-6-1)75(61-40-44-73-69(49-61)67-46-53(65-36-17-22-51-20-13-15-34-63(51)65)38-42-71(67)77(73)57-28-9-3-10-29-57)59-32-19-33-60(48-59)76(56-26-7-2-8-27-56)62-41-45-74-70(50-62)68-47-54(66-37-18-23-52-21-14-16-35-64(52)66)39-43-72(68)78(74)58-30-11-4-12-31-58/h1-50H. The Kier molecular flexibility index (Phi) is 10.8. The van der Waals surface area contributed by atoms with Crippen LogP contribution in [0.25, 0.3) is 98.8 Å². The number of hydrogen-bond acceptors (Lipinski definition) is 2. The van der Waals surface area contributed by atoms with E-state index in [0.29, 0.717) is 0 Å². The lowest BCUT2D eigenvalue weighted by atomic mass is 9.97. The van der Waals surface area contributed by atoms with Crippen molar-refractivity contribution in [2.24, 2.45) is 0 Å². The molecule has 0 atom stereocenters. The molecule has 0 amide bonds. The van der Waals surface area contributed by atoms with E-state index in [1.807, 2.05) is 0 Å². The van der Waals surface area contributed by atoms with Gasteiger partial charge in [0.2, 0.25) is 0 Å². The van der Waals surface area contributed by atoms with Gasteiger partial charge >= 0.3 is 0 Å². The van der Waals surface area contributed by atoms with Crippen molar-refractivity contribution < 1.29 is 0 Å². The fourth-order valence-electron chi connectivity index (χ4n) is 12.1. The van der Waals surface area contributed by atoms with Crippen molar-refractivity contribution >= 4 is 99.3 Å². The normalized spacial score (nSPS) is 11.6. The predicted octanol–water partition coefficient (Wildman–Crippen LogP) is 20.5. The zero-order valence-electron chi connectivity index (χ0n) is 42.7. The van der Waals surface area contributed by atoms with Gasteiger partial charge in [-0.3, -0.25) is 0 Å². The van der Waals surface area contributed by atoms with Gasteiger partial charge < -0.3 is 18.9 Å². The average molecular weight is 995 g/mol. The van der Waals surface area contributed by atoms with Crippen LogP contribution in [0.5, 0.6) is 0 Å². The SMILES string of the molecule is c1ccc(N(c2cccc(N(c3ccccc3)c3ccc4c(c3)c3cc(-c5cccc6ccccc56)ccc3n4-c3ccccc3)c2)c2ccc3c(c2)c2cc(-c4cccc5ccccc45)ccc2n3-c2ccccc2)cc1. The van der Waals surface area contributed by atoms with Crippen LogP contribution in [0.4, 0.5) is 34.1 Å². The number of anilines is 6. The van der Waals surface area contributed by atoms with Crippen molar-refractivity contribution in [3.63, 3.8) is 0 Å². The number of para-hydroxylation sites is 4. The van der Waals surface area contributed by atoms with Crippen LogP contribution in [0.2, 0.25) is 0 Å². The monoisotopic (exact) mass is 994 g/mol. The van der Waals surface area contributed by atoms with Crippen LogP contribution < -0.4 is 9.80 Å². The second-order valence-electron chi connectivity index (χ2n) is 20.1. The van der Waals surface area contributed by atoms with Gasteiger partial charge in [0.1, 0.15) is 0 Å². The summed E-state index contributed by atoms with van der Waals surface area (Å²) >= 11 is 0. The Morgan fingerprint density at radius 1 is 0.205 bits per heavy atom. The molecule has 0 fully saturated rings. The first-order valence-electron chi connectivity index (χ1n) is 26.7. The number of benzene rings is 13. The second-order valence-corrected chi connectivity index (χ2v) is 20.1. The zero-order chi connectivity index (χ0) is 51.5. The highest BCUT2D eigenvalue weighted by Crippen LogP contribution is 2.46. The van der Waals surface area contributed by atoms with Crippen molar-refractivity contribution in [3.8, 4) is 33.6 Å². The molecule has 2 heterocycles. The van der Waals surface area contributed by atoms with E-state index in [0.717, 1.165) is 67.6 Å². The van der Waals surface area contributed by atoms with Gasteiger partial charge in [-0.2, -0.15) is 0 Å². The Morgan fingerprint density at radius 3 is 0.962 bits per heavy atom. The lowest BCUT2D eigenvalue weighted by molar-refractivity contribution is 1.18. The minimum absolute atomic E-state index is 1.05. The Hall–Kier alpha value is -10.4. The molecule has 0 unspecified atom stereocenters. The number of rotatable bonds is 10. The Labute approximate surface area is 452 Å². The molecule has 0 radical (unpaired) electrons. The third kappa shape index (κ3) is 7.61. The van der Waals surface area contributed by atoms with Gasteiger partial charge in [-0.25, -0.2) is 0 Å². The summed E-state index contributed by atoms with van der Waals surface area (Å²) in [6, 6.07) is 111. The smallest absolute Gasteiger partial charge is 0.0542 e. The van der Waals surface area contributed by atoms with Crippen molar-refractivity contribution in [2.75, 3.05) is 9.80 Å². The first-order chi connectivity index (χ1) is 38.7. The van der Waals surface area contributed by atoms with Gasteiger partial charge in [-0.05, 0) is 171 Å². The van der Waals surface area contributed by atoms with Crippen LogP contribution in [0.15, 0.2) is 303 Å². The van der Waals surface area contributed by atoms with E-state index in [1.165, 1.54) is 65.3 Å². The maximum Gasteiger partial charge on any atom is 0.0542 e. The van der Waals surface area contributed by atoms with Gasteiger partial charge in [-0.15, -0.1) is 0 Å². The van der Waals surface area contributed by atoms with E-state index in [2.05, 4.69) is 322 Å². The Balaban J connectivity index is 0.908. The van der Waals surface area contributed by atoms with Crippen LogP contribution in [0.3, 0.4) is 0 Å². The number of aromatic nitrogens is 2. The first-order valence-corrected chi connectivity index (χ1v) is 26.7. The highest BCUT2D eigenvalue weighted by Gasteiger charge is 2.22. The molecule has 0 aliphatic carbocycles. The van der Waals surface area contributed by atoms with Crippen molar-refractivity contribution in [3.05, 3.63) is 303 Å². The molecule has 0 bridgehead atoms. The van der Waals surface area contributed by atoms with E-state index in [4.69, 9.17) is 0 Å². The third-order valence-electron chi connectivity index (χ3n) is 15.6. The highest BCUT2D eigenvalue weighted by molar-refractivity contribution is 6.14. The fraction of sp³-hybridized carbons (Fsp3) is 0. The molecule has 366 valence electrons. The van der Waals surface area contributed by atoms with Crippen molar-refractivity contribution in [1.82, 2.24) is 9.13 Å². The maximum absolute atomic E-state index is 2.41. The molecule has 0 spiro atoms. The molecule has 2 aromatic heterocycles. The number of hydrogen-bond donors (Lipinski definition) is 0. The van der Waals surface area contributed by atoms with Gasteiger partial charge in [-0.1, -0.05) is 176 Å². The average Bonchev–Trinajstić information content (AvgIpc) is 4.03. The quantitative estimate of drug-likeness (QED) is 0.136. The molecule has 15 aromatic rings. The molecular weight excluding hydrogens is 945 g/mol. The number of fused-ring (bicyclic) bond motifs is 8. The van der Waals surface area contributed by atoms with E-state index < -0.39 is 0 Å². The zero-order valence-corrected chi connectivity index (χ0v) is 42.7. The third-order valence-corrected chi connectivity index (χ3v) is 15.6. The minimum Gasteiger partial charge on any atom is -0.310 e. The van der Waals surface area contributed by atoms with Crippen molar-refractivity contribution in [2.45, 2.75) is 0 Å². The largest absolute Gasteiger partial charge is 0.310 e. The topological polar surface area (TPSA) is 16.3 Å².